The molecule has 23 heavy (non-hydrogen) atoms. The van der Waals surface area contributed by atoms with Crippen molar-refractivity contribution in [2.24, 2.45) is 0 Å². The molecule has 6 heteroatoms. The fraction of sp³-hybridized carbons (Fsp3) is 0.118. The largest absolute Gasteiger partial charge is 0.350 e. The predicted octanol–water partition coefficient (Wildman–Crippen LogP) is 4.45. The molecule has 0 unspecified atom stereocenters. The van der Waals surface area contributed by atoms with Crippen LogP contribution in [0.1, 0.15) is 21.6 Å². The lowest BCUT2D eigenvalue weighted by Crippen LogP contribution is -2.15. The molecule has 0 spiro atoms. The highest BCUT2D eigenvalue weighted by atomic mass is 19.2. The number of anilines is 1. The fourth-order valence-electron chi connectivity index (χ4n) is 2.47. The molecule has 1 amide bonds. The molecule has 0 bridgehead atoms. The Bertz CT molecular complexity index is 931. The molecule has 1 heterocycles. The molecule has 0 radical (unpaired) electrons. The standard InChI is InChI=1S/C17H13F3N2O/c1-8-3-5-12-10(7-8)9(2)16(21-12)17(23)22-13-6-4-11(18)14(19)15(13)20/h3-7,21H,1-2H3,(H,22,23). The Balaban J connectivity index is 1.98. The van der Waals surface area contributed by atoms with Gasteiger partial charge in [-0.2, -0.15) is 0 Å². The van der Waals surface area contributed by atoms with Gasteiger partial charge in [-0.3, -0.25) is 4.79 Å². The van der Waals surface area contributed by atoms with Crippen LogP contribution in [-0.2, 0) is 0 Å². The Morgan fingerprint density at radius 3 is 2.52 bits per heavy atom. The average Bonchev–Trinajstić information content (AvgIpc) is 2.85. The number of H-pyrrole nitrogens is 1. The van der Waals surface area contributed by atoms with E-state index in [0.717, 1.165) is 28.6 Å². The second-order valence-electron chi connectivity index (χ2n) is 5.35. The van der Waals surface area contributed by atoms with Gasteiger partial charge in [-0.25, -0.2) is 13.2 Å². The average molecular weight is 318 g/mol. The van der Waals surface area contributed by atoms with Crippen LogP contribution in [0.3, 0.4) is 0 Å². The number of nitrogens with one attached hydrogen (secondary N) is 2. The summed E-state index contributed by atoms with van der Waals surface area (Å²) in [4.78, 5) is 15.3. The summed E-state index contributed by atoms with van der Waals surface area (Å²) in [6.07, 6.45) is 0. The molecular formula is C17H13F3N2O. The number of aryl methyl sites for hydroxylation is 2. The first-order valence-electron chi connectivity index (χ1n) is 6.92. The van der Waals surface area contributed by atoms with Crippen molar-refractivity contribution in [1.82, 2.24) is 4.98 Å². The van der Waals surface area contributed by atoms with Crippen LogP contribution in [-0.4, -0.2) is 10.9 Å². The van der Waals surface area contributed by atoms with Crippen LogP contribution in [0.2, 0.25) is 0 Å². The van der Waals surface area contributed by atoms with Gasteiger partial charge in [0.1, 0.15) is 5.69 Å². The molecule has 0 saturated carbocycles. The molecule has 0 aliphatic rings. The van der Waals surface area contributed by atoms with Crippen LogP contribution in [0, 0.1) is 31.3 Å². The van der Waals surface area contributed by atoms with Crippen molar-refractivity contribution in [1.29, 1.82) is 0 Å². The van der Waals surface area contributed by atoms with E-state index >= 15 is 0 Å². The van der Waals surface area contributed by atoms with Crippen molar-refractivity contribution in [3.63, 3.8) is 0 Å². The van der Waals surface area contributed by atoms with Crippen molar-refractivity contribution >= 4 is 22.5 Å². The number of aromatic amines is 1. The van der Waals surface area contributed by atoms with Gasteiger partial charge >= 0.3 is 0 Å². The van der Waals surface area contributed by atoms with Crippen LogP contribution in [0.25, 0.3) is 10.9 Å². The number of carbonyl (C=O) groups excluding carboxylic acids is 1. The van der Waals surface area contributed by atoms with E-state index in [-0.39, 0.29) is 5.69 Å². The van der Waals surface area contributed by atoms with E-state index in [2.05, 4.69) is 10.3 Å². The van der Waals surface area contributed by atoms with E-state index in [1.807, 2.05) is 25.1 Å². The zero-order valence-corrected chi connectivity index (χ0v) is 12.4. The number of hydrogen-bond acceptors (Lipinski definition) is 1. The summed E-state index contributed by atoms with van der Waals surface area (Å²) in [6.45, 7) is 3.69. The minimum absolute atomic E-state index is 0.245. The molecular weight excluding hydrogens is 305 g/mol. The van der Waals surface area contributed by atoms with Crippen molar-refractivity contribution < 1.29 is 18.0 Å². The van der Waals surface area contributed by atoms with Gasteiger partial charge in [0.05, 0.1) is 5.69 Å². The van der Waals surface area contributed by atoms with Crippen molar-refractivity contribution in [2.45, 2.75) is 13.8 Å². The quantitative estimate of drug-likeness (QED) is 0.674. The van der Waals surface area contributed by atoms with Gasteiger partial charge in [-0.05, 0) is 43.7 Å². The smallest absolute Gasteiger partial charge is 0.272 e. The first kappa shape index (κ1) is 15.1. The SMILES string of the molecule is Cc1ccc2[nH]c(C(=O)Nc3ccc(F)c(F)c3F)c(C)c2c1. The highest BCUT2D eigenvalue weighted by molar-refractivity contribution is 6.07. The minimum atomic E-state index is -1.62. The zero-order chi connectivity index (χ0) is 16.7. The molecule has 0 aliphatic heterocycles. The van der Waals surface area contributed by atoms with Gasteiger partial charge in [0.15, 0.2) is 17.5 Å². The Labute approximate surface area is 130 Å². The van der Waals surface area contributed by atoms with Crippen molar-refractivity contribution in [3.8, 4) is 0 Å². The fourth-order valence-corrected chi connectivity index (χ4v) is 2.47. The first-order valence-corrected chi connectivity index (χ1v) is 6.92. The van der Waals surface area contributed by atoms with Crippen LogP contribution in [0.5, 0.6) is 0 Å². The van der Waals surface area contributed by atoms with Gasteiger partial charge in [-0.15, -0.1) is 0 Å². The maximum absolute atomic E-state index is 13.7. The number of halogens is 3. The third-order valence-electron chi connectivity index (χ3n) is 3.72. The van der Waals surface area contributed by atoms with E-state index in [4.69, 9.17) is 0 Å². The van der Waals surface area contributed by atoms with Crippen molar-refractivity contribution in [3.05, 3.63) is 64.6 Å². The van der Waals surface area contributed by atoms with Crippen LogP contribution in [0.4, 0.5) is 18.9 Å². The molecule has 3 nitrogen and oxygen atoms in total. The number of aromatic nitrogens is 1. The van der Waals surface area contributed by atoms with Gasteiger partial charge in [0.25, 0.3) is 5.91 Å². The van der Waals surface area contributed by atoms with E-state index in [1.54, 1.807) is 6.92 Å². The normalized spacial score (nSPS) is 11.0. The molecule has 118 valence electrons. The summed E-state index contributed by atoms with van der Waals surface area (Å²) in [6, 6.07) is 7.40. The van der Waals surface area contributed by atoms with Gasteiger partial charge in [0, 0.05) is 10.9 Å². The number of carbonyl (C=O) groups is 1. The second-order valence-corrected chi connectivity index (χ2v) is 5.35. The molecule has 0 aliphatic carbocycles. The summed E-state index contributed by atoms with van der Waals surface area (Å²) in [7, 11) is 0. The van der Waals surface area contributed by atoms with Crippen molar-refractivity contribution in [2.75, 3.05) is 5.32 Å². The molecule has 1 aromatic heterocycles. The Kier molecular flexibility index (Phi) is 3.60. The first-order chi connectivity index (χ1) is 10.9. The highest BCUT2D eigenvalue weighted by Crippen LogP contribution is 2.25. The molecule has 0 saturated heterocycles. The minimum Gasteiger partial charge on any atom is -0.350 e. The monoisotopic (exact) mass is 318 g/mol. The topological polar surface area (TPSA) is 44.9 Å². The maximum Gasteiger partial charge on any atom is 0.272 e. The van der Waals surface area contributed by atoms with E-state index in [1.165, 1.54) is 0 Å². The number of benzene rings is 2. The van der Waals surface area contributed by atoms with Gasteiger partial charge < -0.3 is 10.3 Å². The highest BCUT2D eigenvalue weighted by Gasteiger charge is 2.19. The summed E-state index contributed by atoms with van der Waals surface area (Å²) < 4.78 is 39.8. The van der Waals surface area contributed by atoms with E-state index in [0.29, 0.717) is 5.56 Å². The summed E-state index contributed by atoms with van der Waals surface area (Å²) in [5.74, 6) is -4.98. The number of fused-ring (bicyclic) bond motifs is 1. The Morgan fingerprint density at radius 1 is 1.04 bits per heavy atom. The lowest BCUT2D eigenvalue weighted by molar-refractivity contribution is 0.102. The molecule has 3 rings (SSSR count). The molecule has 2 aromatic carbocycles. The third kappa shape index (κ3) is 2.56. The summed E-state index contributed by atoms with van der Waals surface area (Å²) >= 11 is 0. The number of rotatable bonds is 2. The molecule has 0 atom stereocenters. The lowest BCUT2D eigenvalue weighted by atomic mass is 10.1. The summed E-state index contributed by atoms with van der Waals surface area (Å²) in [5, 5.41) is 3.13. The zero-order valence-electron chi connectivity index (χ0n) is 12.4. The van der Waals surface area contributed by atoms with Gasteiger partial charge in [-0.1, -0.05) is 11.6 Å². The second kappa shape index (κ2) is 5.46. The van der Waals surface area contributed by atoms with E-state index in [9.17, 15) is 18.0 Å². The molecule has 2 N–H and O–H groups in total. The third-order valence-corrected chi connectivity index (χ3v) is 3.72. The number of hydrogen-bond donors (Lipinski definition) is 2. The predicted molar refractivity (Wildman–Crippen MR) is 82.0 cm³/mol. The Hall–Kier alpha value is -2.76. The maximum atomic E-state index is 13.7. The van der Waals surface area contributed by atoms with E-state index < -0.39 is 29.0 Å². The molecule has 0 fully saturated rings. The van der Waals surface area contributed by atoms with Crippen LogP contribution in [0.15, 0.2) is 30.3 Å². The van der Waals surface area contributed by atoms with Crippen LogP contribution < -0.4 is 5.32 Å². The Morgan fingerprint density at radius 2 is 1.78 bits per heavy atom. The molecule has 3 aromatic rings. The van der Waals surface area contributed by atoms with Gasteiger partial charge in [0.2, 0.25) is 0 Å². The van der Waals surface area contributed by atoms with Crippen LogP contribution >= 0.6 is 0 Å². The number of amides is 1. The summed E-state index contributed by atoms with van der Waals surface area (Å²) in [5.41, 5.74) is 2.34. The lowest BCUT2D eigenvalue weighted by Gasteiger charge is -2.07.